The third kappa shape index (κ3) is 2.83. The lowest BCUT2D eigenvalue weighted by molar-refractivity contribution is 0.572. The molecule has 4 rings (SSSR count). The molecule has 4 aromatic rings. The van der Waals surface area contributed by atoms with Crippen molar-refractivity contribution in [2.45, 2.75) is 6.92 Å². The van der Waals surface area contributed by atoms with E-state index in [-0.39, 0.29) is 0 Å². The average molecular weight is 317 g/mol. The van der Waals surface area contributed by atoms with Crippen LogP contribution < -0.4 is 0 Å². The van der Waals surface area contributed by atoms with E-state index in [0.717, 1.165) is 11.3 Å². The van der Waals surface area contributed by atoms with Gasteiger partial charge in [0.25, 0.3) is 0 Å². The van der Waals surface area contributed by atoms with Crippen LogP contribution in [-0.2, 0) is 0 Å². The van der Waals surface area contributed by atoms with E-state index in [1.54, 1.807) is 6.20 Å². The van der Waals surface area contributed by atoms with Crippen molar-refractivity contribution in [1.82, 2.24) is 4.98 Å². The number of oxazole rings is 1. The Balaban J connectivity index is 1.75. The van der Waals surface area contributed by atoms with Gasteiger partial charge in [0.1, 0.15) is 0 Å². The Bertz CT molecular complexity index is 938. The molecule has 0 saturated heterocycles. The van der Waals surface area contributed by atoms with E-state index in [9.17, 15) is 0 Å². The van der Waals surface area contributed by atoms with E-state index in [1.807, 2.05) is 17.4 Å². The summed E-state index contributed by atoms with van der Waals surface area (Å²) in [4.78, 5) is 6.62. The van der Waals surface area contributed by atoms with Gasteiger partial charge in [-0.15, -0.1) is 11.3 Å². The Morgan fingerprint density at radius 2 is 1.52 bits per heavy atom. The van der Waals surface area contributed by atoms with Gasteiger partial charge in [-0.25, -0.2) is 4.98 Å². The van der Waals surface area contributed by atoms with Crippen LogP contribution in [0.1, 0.15) is 4.88 Å². The van der Waals surface area contributed by atoms with Crippen LogP contribution in [0.5, 0.6) is 0 Å². The Morgan fingerprint density at radius 3 is 2.17 bits per heavy atom. The van der Waals surface area contributed by atoms with Crippen molar-refractivity contribution >= 4 is 11.3 Å². The van der Waals surface area contributed by atoms with E-state index in [4.69, 9.17) is 4.42 Å². The Kier molecular flexibility index (Phi) is 3.56. The first-order valence-electron chi connectivity index (χ1n) is 7.46. The fourth-order valence-electron chi connectivity index (χ4n) is 2.65. The van der Waals surface area contributed by atoms with Crippen LogP contribution in [0, 0.1) is 6.92 Å². The highest BCUT2D eigenvalue weighted by Gasteiger charge is 2.06. The number of nitrogens with zero attached hydrogens (tertiary/aromatic N) is 1. The van der Waals surface area contributed by atoms with Gasteiger partial charge in [0.15, 0.2) is 12.2 Å². The number of hydrogen-bond acceptors (Lipinski definition) is 3. The summed E-state index contributed by atoms with van der Waals surface area (Å²) in [6, 6.07) is 21.4. The third-order valence-electron chi connectivity index (χ3n) is 3.80. The lowest BCUT2D eigenvalue weighted by Crippen LogP contribution is -1.81. The van der Waals surface area contributed by atoms with Crippen LogP contribution in [0.15, 0.2) is 77.7 Å². The molecule has 0 unspecified atom stereocenters. The maximum Gasteiger partial charge on any atom is 0.181 e. The topological polar surface area (TPSA) is 26.0 Å². The average Bonchev–Trinajstić information content (AvgIpc) is 3.27. The van der Waals surface area contributed by atoms with E-state index < -0.39 is 0 Å². The molecule has 2 heterocycles. The molecule has 2 nitrogen and oxygen atoms in total. The summed E-state index contributed by atoms with van der Waals surface area (Å²) in [5.41, 5.74) is 4.67. The van der Waals surface area contributed by atoms with Gasteiger partial charge in [-0.1, -0.05) is 36.4 Å². The zero-order chi connectivity index (χ0) is 15.6. The largest absolute Gasteiger partial charge is 0.444 e. The molecule has 112 valence electrons. The van der Waals surface area contributed by atoms with Crippen molar-refractivity contribution in [2.24, 2.45) is 0 Å². The van der Waals surface area contributed by atoms with Crippen molar-refractivity contribution in [2.75, 3.05) is 0 Å². The van der Waals surface area contributed by atoms with Crippen LogP contribution in [0.2, 0.25) is 0 Å². The number of hydrogen-bond donors (Lipinski definition) is 0. The molecule has 0 atom stereocenters. The van der Waals surface area contributed by atoms with Crippen molar-refractivity contribution in [3.8, 4) is 32.9 Å². The molecular formula is C20H15NOS. The lowest BCUT2D eigenvalue weighted by atomic mass is 10.00. The fraction of sp³-hybridized carbons (Fsp3) is 0.0500. The van der Waals surface area contributed by atoms with Crippen molar-refractivity contribution in [1.29, 1.82) is 0 Å². The second kappa shape index (κ2) is 5.86. The molecule has 0 N–H and O–H groups in total. The fourth-order valence-corrected chi connectivity index (χ4v) is 3.52. The first-order valence-corrected chi connectivity index (χ1v) is 8.27. The molecule has 2 aromatic heterocycles. The van der Waals surface area contributed by atoms with Gasteiger partial charge in [-0.05, 0) is 47.9 Å². The first-order chi connectivity index (χ1) is 11.3. The molecule has 3 heteroatoms. The van der Waals surface area contributed by atoms with Gasteiger partial charge < -0.3 is 4.42 Å². The Hall–Kier alpha value is -2.65. The number of aromatic nitrogens is 1. The standard InChI is InChI=1S/C20H15NOS/c1-14-8-9-20(23-14)18-7-3-5-16(11-18)15-4-2-6-17(10-15)19-12-21-13-22-19/h2-13H,1H3. The quantitative estimate of drug-likeness (QED) is 0.460. The number of aryl methyl sites for hydroxylation is 1. The SMILES string of the molecule is Cc1ccc(-c2cccc(-c3cccc(-c4cnco4)c3)c2)s1. The lowest BCUT2D eigenvalue weighted by Gasteiger charge is -2.06. The molecule has 0 radical (unpaired) electrons. The van der Waals surface area contributed by atoms with Gasteiger partial charge >= 0.3 is 0 Å². The van der Waals surface area contributed by atoms with Gasteiger partial charge in [0.05, 0.1) is 6.20 Å². The zero-order valence-electron chi connectivity index (χ0n) is 12.7. The van der Waals surface area contributed by atoms with E-state index in [2.05, 4.69) is 66.5 Å². The molecule has 0 bridgehead atoms. The molecule has 0 aliphatic heterocycles. The second-order valence-corrected chi connectivity index (χ2v) is 6.73. The summed E-state index contributed by atoms with van der Waals surface area (Å²) in [7, 11) is 0. The van der Waals surface area contributed by atoms with Gasteiger partial charge in [0, 0.05) is 15.3 Å². The molecular weight excluding hydrogens is 302 g/mol. The molecule has 2 aromatic carbocycles. The third-order valence-corrected chi connectivity index (χ3v) is 4.85. The minimum atomic E-state index is 0.789. The van der Waals surface area contributed by atoms with Gasteiger partial charge in [-0.3, -0.25) is 0 Å². The first kappa shape index (κ1) is 14.0. The van der Waals surface area contributed by atoms with Gasteiger partial charge in [0.2, 0.25) is 0 Å². The number of benzene rings is 2. The van der Waals surface area contributed by atoms with Gasteiger partial charge in [-0.2, -0.15) is 0 Å². The Labute approximate surface area is 139 Å². The van der Waals surface area contributed by atoms with E-state index >= 15 is 0 Å². The highest BCUT2D eigenvalue weighted by Crippen LogP contribution is 2.32. The van der Waals surface area contributed by atoms with Crippen LogP contribution >= 0.6 is 11.3 Å². The van der Waals surface area contributed by atoms with Crippen LogP contribution in [-0.4, -0.2) is 4.98 Å². The highest BCUT2D eigenvalue weighted by atomic mass is 32.1. The van der Waals surface area contributed by atoms with Crippen molar-refractivity contribution in [3.63, 3.8) is 0 Å². The summed E-state index contributed by atoms with van der Waals surface area (Å²) in [6.07, 6.45) is 3.20. The van der Waals surface area contributed by atoms with Crippen LogP contribution in [0.3, 0.4) is 0 Å². The van der Waals surface area contributed by atoms with E-state index in [1.165, 1.54) is 32.8 Å². The van der Waals surface area contributed by atoms with Crippen molar-refractivity contribution < 1.29 is 4.42 Å². The zero-order valence-corrected chi connectivity index (χ0v) is 13.5. The van der Waals surface area contributed by atoms with Crippen LogP contribution in [0.4, 0.5) is 0 Å². The maximum absolute atomic E-state index is 5.40. The predicted octanol–water partition coefficient (Wildman–Crippen LogP) is 6.05. The summed E-state index contributed by atoms with van der Waals surface area (Å²) in [6.45, 7) is 2.14. The number of rotatable bonds is 3. The minimum Gasteiger partial charge on any atom is -0.444 e. The summed E-state index contributed by atoms with van der Waals surface area (Å²) in [5, 5.41) is 0. The summed E-state index contributed by atoms with van der Waals surface area (Å²) < 4.78 is 5.40. The summed E-state index contributed by atoms with van der Waals surface area (Å²) in [5.74, 6) is 0.789. The highest BCUT2D eigenvalue weighted by molar-refractivity contribution is 7.15. The normalized spacial score (nSPS) is 10.8. The van der Waals surface area contributed by atoms with E-state index in [0.29, 0.717) is 0 Å². The van der Waals surface area contributed by atoms with Crippen LogP contribution in [0.25, 0.3) is 32.9 Å². The molecule has 0 aliphatic carbocycles. The monoisotopic (exact) mass is 317 g/mol. The molecule has 0 fully saturated rings. The second-order valence-electron chi connectivity index (χ2n) is 5.44. The number of thiophene rings is 1. The molecule has 0 amide bonds. The molecule has 0 spiro atoms. The molecule has 0 saturated carbocycles. The molecule has 0 aliphatic rings. The van der Waals surface area contributed by atoms with Crippen molar-refractivity contribution in [3.05, 3.63) is 78.1 Å². The molecule has 23 heavy (non-hydrogen) atoms. The maximum atomic E-state index is 5.40. The predicted molar refractivity (Wildman–Crippen MR) is 95.4 cm³/mol. The minimum absolute atomic E-state index is 0.789. The Morgan fingerprint density at radius 1 is 0.826 bits per heavy atom. The smallest absolute Gasteiger partial charge is 0.181 e. The summed E-state index contributed by atoms with van der Waals surface area (Å²) >= 11 is 1.82.